The van der Waals surface area contributed by atoms with Crippen molar-refractivity contribution >= 4 is 17.5 Å². The van der Waals surface area contributed by atoms with Crippen molar-refractivity contribution in [2.24, 2.45) is 11.8 Å². The minimum absolute atomic E-state index is 0.00894. The number of anilines is 1. The summed E-state index contributed by atoms with van der Waals surface area (Å²) in [5.74, 6) is 1.40. The predicted octanol–water partition coefficient (Wildman–Crippen LogP) is 2.17. The van der Waals surface area contributed by atoms with Crippen molar-refractivity contribution < 1.29 is 14.3 Å². The molecule has 1 aliphatic rings. The second kappa shape index (κ2) is 10.0. The SMILES string of the molecule is CCOc1ccc(NC(=O)CNC(=O)CC(C)C2CCNCC2)cc1. The van der Waals surface area contributed by atoms with E-state index in [1.54, 1.807) is 24.3 Å². The lowest BCUT2D eigenvalue weighted by Gasteiger charge is -2.27. The standard InChI is InChI=1S/C19H29N3O3/c1-3-25-17-6-4-16(5-7-17)22-19(24)13-21-18(23)12-14(2)15-8-10-20-11-9-15/h4-7,14-15,20H,3,8-13H2,1-2H3,(H,21,23)(H,22,24). The van der Waals surface area contributed by atoms with E-state index in [1.165, 1.54) is 0 Å². The summed E-state index contributed by atoms with van der Waals surface area (Å²) in [6.07, 6.45) is 2.71. The molecule has 0 spiro atoms. The van der Waals surface area contributed by atoms with E-state index in [-0.39, 0.29) is 18.4 Å². The maximum atomic E-state index is 12.0. The van der Waals surface area contributed by atoms with E-state index in [0.29, 0.717) is 30.6 Å². The van der Waals surface area contributed by atoms with Crippen LogP contribution in [-0.2, 0) is 9.59 Å². The van der Waals surface area contributed by atoms with E-state index in [2.05, 4.69) is 22.9 Å². The van der Waals surface area contributed by atoms with Crippen LogP contribution in [0.3, 0.4) is 0 Å². The number of carbonyl (C=O) groups is 2. The van der Waals surface area contributed by atoms with E-state index in [9.17, 15) is 9.59 Å². The summed E-state index contributed by atoms with van der Waals surface area (Å²) in [5.41, 5.74) is 0.686. The summed E-state index contributed by atoms with van der Waals surface area (Å²) in [6, 6.07) is 7.17. The topological polar surface area (TPSA) is 79.5 Å². The first-order valence-electron chi connectivity index (χ1n) is 9.08. The Morgan fingerprint density at radius 3 is 2.52 bits per heavy atom. The van der Waals surface area contributed by atoms with Gasteiger partial charge in [-0.1, -0.05) is 6.92 Å². The van der Waals surface area contributed by atoms with Crippen LogP contribution in [0.15, 0.2) is 24.3 Å². The van der Waals surface area contributed by atoms with Crippen molar-refractivity contribution in [2.45, 2.75) is 33.1 Å². The highest BCUT2D eigenvalue weighted by Crippen LogP contribution is 2.24. The molecule has 1 aliphatic heterocycles. The minimum Gasteiger partial charge on any atom is -0.494 e. The summed E-state index contributed by atoms with van der Waals surface area (Å²) in [4.78, 5) is 24.0. The normalized spacial score (nSPS) is 16.1. The highest BCUT2D eigenvalue weighted by molar-refractivity contribution is 5.94. The smallest absolute Gasteiger partial charge is 0.243 e. The fraction of sp³-hybridized carbons (Fsp3) is 0.579. The molecule has 0 aromatic heterocycles. The number of hydrogen-bond acceptors (Lipinski definition) is 4. The number of rotatable bonds is 8. The molecule has 25 heavy (non-hydrogen) atoms. The van der Waals surface area contributed by atoms with Gasteiger partial charge in [0.15, 0.2) is 0 Å². The fourth-order valence-electron chi connectivity index (χ4n) is 3.13. The number of ether oxygens (including phenoxy) is 1. The molecule has 1 fully saturated rings. The van der Waals surface area contributed by atoms with Crippen molar-refractivity contribution in [2.75, 3.05) is 31.6 Å². The monoisotopic (exact) mass is 347 g/mol. The molecule has 1 saturated heterocycles. The summed E-state index contributed by atoms with van der Waals surface area (Å²) in [6.45, 7) is 6.70. The van der Waals surface area contributed by atoms with Gasteiger partial charge in [0.2, 0.25) is 11.8 Å². The second-order valence-electron chi connectivity index (χ2n) is 6.55. The number of amides is 2. The summed E-state index contributed by atoms with van der Waals surface area (Å²) >= 11 is 0. The maximum Gasteiger partial charge on any atom is 0.243 e. The van der Waals surface area contributed by atoms with Crippen LogP contribution in [0.2, 0.25) is 0 Å². The van der Waals surface area contributed by atoms with Crippen molar-refractivity contribution in [3.63, 3.8) is 0 Å². The molecule has 3 N–H and O–H groups in total. The average molecular weight is 347 g/mol. The summed E-state index contributed by atoms with van der Waals surface area (Å²) in [5, 5.41) is 8.81. The fourth-order valence-corrected chi connectivity index (χ4v) is 3.13. The third kappa shape index (κ3) is 6.74. The van der Waals surface area contributed by atoms with E-state index in [1.807, 2.05) is 6.92 Å². The molecule has 1 aromatic carbocycles. The van der Waals surface area contributed by atoms with Gasteiger partial charge in [-0.3, -0.25) is 9.59 Å². The molecule has 1 atom stereocenters. The Balaban J connectivity index is 1.68. The third-order valence-electron chi connectivity index (χ3n) is 4.59. The molecule has 0 saturated carbocycles. The predicted molar refractivity (Wildman–Crippen MR) is 98.6 cm³/mol. The summed E-state index contributed by atoms with van der Waals surface area (Å²) < 4.78 is 5.36. The van der Waals surface area contributed by atoms with Crippen LogP contribution in [0.4, 0.5) is 5.69 Å². The Kier molecular flexibility index (Phi) is 7.73. The Morgan fingerprint density at radius 2 is 1.88 bits per heavy atom. The van der Waals surface area contributed by atoms with Crippen LogP contribution in [0, 0.1) is 11.8 Å². The van der Waals surface area contributed by atoms with Gasteiger partial charge >= 0.3 is 0 Å². The first-order chi connectivity index (χ1) is 12.1. The van der Waals surface area contributed by atoms with E-state index in [4.69, 9.17) is 4.74 Å². The van der Waals surface area contributed by atoms with E-state index < -0.39 is 0 Å². The van der Waals surface area contributed by atoms with Gasteiger partial charge in [0, 0.05) is 12.1 Å². The highest BCUT2D eigenvalue weighted by Gasteiger charge is 2.22. The van der Waals surface area contributed by atoms with Crippen LogP contribution in [0.25, 0.3) is 0 Å². The zero-order chi connectivity index (χ0) is 18.1. The molecular formula is C19H29N3O3. The zero-order valence-electron chi connectivity index (χ0n) is 15.1. The molecule has 2 rings (SSSR count). The molecule has 6 nitrogen and oxygen atoms in total. The average Bonchev–Trinajstić information content (AvgIpc) is 2.62. The number of piperidine rings is 1. The van der Waals surface area contributed by atoms with Gasteiger partial charge in [-0.05, 0) is 69.0 Å². The Morgan fingerprint density at radius 1 is 1.20 bits per heavy atom. The van der Waals surface area contributed by atoms with E-state index in [0.717, 1.165) is 31.7 Å². The van der Waals surface area contributed by atoms with E-state index >= 15 is 0 Å². The van der Waals surface area contributed by atoms with Crippen molar-refractivity contribution in [3.8, 4) is 5.75 Å². The highest BCUT2D eigenvalue weighted by atomic mass is 16.5. The van der Waals surface area contributed by atoms with Crippen molar-refractivity contribution in [3.05, 3.63) is 24.3 Å². The lowest BCUT2D eigenvalue weighted by molar-refractivity contribution is -0.125. The number of nitrogens with one attached hydrogen (secondary N) is 3. The molecule has 1 heterocycles. The first kappa shape index (κ1) is 19.2. The molecule has 138 valence electrons. The van der Waals surface area contributed by atoms with Crippen LogP contribution in [0.5, 0.6) is 5.75 Å². The van der Waals surface area contributed by atoms with Crippen molar-refractivity contribution in [1.82, 2.24) is 10.6 Å². The van der Waals surface area contributed by atoms with Crippen LogP contribution in [0.1, 0.15) is 33.1 Å². The second-order valence-corrected chi connectivity index (χ2v) is 6.55. The zero-order valence-corrected chi connectivity index (χ0v) is 15.1. The number of hydrogen-bond donors (Lipinski definition) is 3. The molecule has 0 radical (unpaired) electrons. The van der Waals surface area contributed by atoms with Gasteiger partial charge in [-0.2, -0.15) is 0 Å². The van der Waals surface area contributed by atoms with Gasteiger partial charge in [-0.15, -0.1) is 0 Å². The first-order valence-corrected chi connectivity index (χ1v) is 9.08. The quantitative estimate of drug-likeness (QED) is 0.673. The van der Waals surface area contributed by atoms with Gasteiger partial charge in [0.05, 0.1) is 13.2 Å². The molecular weight excluding hydrogens is 318 g/mol. The van der Waals surface area contributed by atoms with Gasteiger partial charge in [-0.25, -0.2) is 0 Å². The molecule has 0 aliphatic carbocycles. The lowest BCUT2D eigenvalue weighted by Crippen LogP contribution is -2.36. The van der Waals surface area contributed by atoms with Crippen LogP contribution >= 0.6 is 0 Å². The van der Waals surface area contributed by atoms with Crippen LogP contribution in [-0.4, -0.2) is 38.1 Å². The van der Waals surface area contributed by atoms with Gasteiger partial charge < -0.3 is 20.7 Å². The molecule has 6 heteroatoms. The molecule has 1 unspecified atom stereocenters. The Labute approximate surface area is 149 Å². The van der Waals surface area contributed by atoms with Crippen molar-refractivity contribution in [1.29, 1.82) is 0 Å². The number of benzene rings is 1. The molecule has 2 amide bonds. The molecule has 0 bridgehead atoms. The maximum absolute atomic E-state index is 12.0. The minimum atomic E-state index is -0.230. The lowest BCUT2D eigenvalue weighted by atomic mass is 9.84. The van der Waals surface area contributed by atoms with Crippen LogP contribution < -0.4 is 20.7 Å². The third-order valence-corrected chi connectivity index (χ3v) is 4.59. The number of carbonyl (C=O) groups excluding carboxylic acids is 2. The largest absolute Gasteiger partial charge is 0.494 e. The van der Waals surface area contributed by atoms with Gasteiger partial charge in [0.1, 0.15) is 5.75 Å². The van der Waals surface area contributed by atoms with Gasteiger partial charge in [0.25, 0.3) is 0 Å². The Bertz CT molecular complexity index is 554. The summed E-state index contributed by atoms with van der Waals surface area (Å²) in [7, 11) is 0. The molecule has 1 aromatic rings. The Hall–Kier alpha value is -2.08.